The van der Waals surface area contributed by atoms with Crippen molar-refractivity contribution in [3.05, 3.63) is 33.8 Å². The maximum absolute atomic E-state index is 6.14. The second-order valence-electron chi connectivity index (χ2n) is 3.65. The Hall–Kier alpha value is -0.240. The van der Waals surface area contributed by atoms with Crippen molar-refractivity contribution in [2.75, 3.05) is 7.05 Å². The molecule has 0 amide bonds. The van der Waals surface area contributed by atoms with Gasteiger partial charge in [-0.05, 0) is 24.6 Å². The molecule has 1 N–H and O–H groups in total. The van der Waals surface area contributed by atoms with Gasteiger partial charge < -0.3 is 5.32 Å². The highest BCUT2D eigenvalue weighted by Crippen LogP contribution is 2.32. The number of hydrogen-bond donors (Lipinski definition) is 1. The predicted molar refractivity (Wildman–Crippen MR) is 63.1 cm³/mol. The number of benzene rings is 1. The minimum absolute atomic E-state index is 0.251. The van der Waals surface area contributed by atoms with Gasteiger partial charge in [-0.25, -0.2) is 0 Å². The van der Waals surface area contributed by atoms with Gasteiger partial charge in [0.1, 0.15) is 0 Å². The third-order valence-corrected chi connectivity index (χ3v) is 3.13. The quantitative estimate of drug-likeness (QED) is 0.833. The SMILES string of the molecule is CNC(c1cccc(Cl)c1Cl)C(C)C. The van der Waals surface area contributed by atoms with Gasteiger partial charge in [0, 0.05) is 6.04 Å². The van der Waals surface area contributed by atoms with Crippen LogP contribution in [0.5, 0.6) is 0 Å². The number of nitrogens with one attached hydrogen (secondary N) is 1. The molecule has 0 aliphatic rings. The largest absolute Gasteiger partial charge is 0.313 e. The highest BCUT2D eigenvalue weighted by atomic mass is 35.5. The average molecular weight is 232 g/mol. The van der Waals surface area contributed by atoms with Gasteiger partial charge in [-0.1, -0.05) is 49.2 Å². The molecule has 0 bridgehead atoms. The van der Waals surface area contributed by atoms with Gasteiger partial charge in [0.2, 0.25) is 0 Å². The molecule has 0 aliphatic carbocycles. The Kier molecular flexibility index (Phi) is 4.24. The topological polar surface area (TPSA) is 12.0 Å². The van der Waals surface area contributed by atoms with Crippen LogP contribution in [0, 0.1) is 5.92 Å². The van der Waals surface area contributed by atoms with Crippen LogP contribution < -0.4 is 5.32 Å². The molecule has 78 valence electrons. The summed E-state index contributed by atoms with van der Waals surface area (Å²) in [5.41, 5.74) is 1.07. The van der Waals surface area contributed by atoms with Crippen LogP contribution in [0.3, 0.4) is 0 Å². The Labute approximate surface area is 95.4 Å². The van der Waals surface area contributed by atoms with E-state index in [2.05, 4.69) is 19.2 Å². The van der Waals surface area contributed by atoms with E-state index in [1.54, 1.807) is 6.07 Å². The van der Waals surface area contributed by atoms with Crippen molar-refractivity contribution in [1.82, 2.24) is 5.32 Å². The second kappa shape index (κ2) is 5.01. The first-order chi connectivity index (χ1) is 6.57. The lowest BCUT2D eigenvalue weighted by molar-refractivity contribution is 0.443. The first-order valence-electron chi connectivity index (χ1n) is 4.69. The van der Waals surface area contributed by atoms with Gasteiger partial charge in [-0.3, -0.25) is 0 Å². The number of hydrogen-bond acceptors (Lipinski definition) is 1. The van der Waals surface area contributed by atoms with Crippen LogP contribution in [-0.2, 0) is 0 Å². The van der Waals surface area contributed by atoms with Crippen molar-refractivity contribution in [2.24, 2.45) is 5.92 Å². The minimum Gasteiger partial charge on any atom is -0.313 e. The first-order valence-corrected chi connectivity index (χ1v) is 5.44. The normalized spacial score (nSPS) is 13.3. The molecule has 0 saturated heterocycles. The monoisotopic (exact) mass is 231 g/mol. The minimum atomic E-state index is 0.251. The maximum atomic E-state index is 6.14. The van der Waals surface area contributed by atoms with Crippen molar-refractivity contribution in [3.63, 3.8) is 0 Å². The predicted octanol–water partition coefficient (Wildman–Crippen LogP) is 3.91. The molecule has 1 aromatic rings. The van der Waals surface area contributed by atoms with E-state index in [1.807, 2.05) is 19.2 Å². The lowest BCUT2D eigenvalue weighted by Gasteiger charge is -2.22. The van der Waals surface area contributed by atoms with Crippen molar-refractivity contribution in [3.8, 4) is 0 Å². The Morgan fingerprint density at radius 3 is 2.36 bits per heavy atom. The number of halogens is 2. The van der Waals surface area contributed by atoms with Crippen LogP contribution in [0.25, 0.3) is 0 Å². The summed E-state index contributed by atoms with van der Waals surface area (Å²) in [6.07, 6.45) is 0. The Balaban J connectivity index is 3.10. The van der Waals surface area contributed by atoms with Gasteiger partial charge in [0.05, 0.1) is 10.0 Å². The summed E-state index contributed by atoms with van der Waals surface area (Å²) in [6, 6.07) is 5.99. The molecule has 3 heteroatoms. The highest BCUT2D eigenvalue weighted by Gasteiger charge is 2.17. The third kappa shape index (κ3) is 2.41. The van der Waals surface area contributed by atoms with Gasteiger partial charge >= 0.3 is 0 Å². The lowest BCUT2D eigenvalue weighted by Crippen LogP contribution is -2.22. The molecule has 1 atom stereocenters. The average Bonchev–Trinajstić information content (AvgIpc) is 2.13. The van der Waals surface area contributed by atoms with Crippen LogP contribution in [0.1, 0.15) is 25.5 Å². The molecular weight excluding hydrogens is 217 g/mol. The van der Waals surface area contributed by atoms with Crippen molar-refractivity contribution >= 4 is 23.2 Å². The van der Waals surface area contributed by atoms with Crippen molar-refractivity contribution in [1.29, 1.82) is 0 Å². The van der Waals surface area contributed by atoms with Crippen LogP contribution in [0.2, 0.25) is 10.0 Å². The van der Waals surface area contributed by atoms with E-state index < -0.39 is 0 Å². The standard InChI is InChI=1S/C11H15Cl2N/c1-7(2)11(14-3)8-5-4-6-9(12)10(8)13/h4-7,11,14H,1-3H3. The zero-order valence-corrected chi connectivity index (χ0v) is 10.2. The van der Waals surface area contributed by atoms with Crippen LogP contribution >= 0.6 is 23.2 Å². The Morgan fingerprint density at radius 1 is 1.21 bits per heavy atom. The lowest BCUT2D eigenvalue weighted by atomic mass is 9.96. The fourth-order valence-electron chi connectivity index (χ4n) is 1.61. The molecule has 1 rings (SSSR count). The Morgan fingerprint density at radius 2 is 1.86 bits per heavy atom. The van der Waals surface area contributed by atoms with E-state index in [-0.39, 0.29) is 6.04 Å². The van der Waals surface area contributed by atoms with E-state index in [4.69, 9.17) is 23.2 Å². The van der Waals surface area contributed by atoms with E-state index in [0.29, 0.717) is 16.0 Å². The third-order valence-electron chi connectivity index (χ3n) is 2.29. The molecule has 0 saturated carbocycles. The van der Waals surface area contributed by atoms with Crippen LogP contribution in [0.4, 0.5) is 0 Å². The summed E-state index contributed by atoms with van der Waals surface area (Å²) in [5.74, 6) is 0.482. The molecule has 0 spiro atoms. The molecule has 0 aromatic heterocycles. The smallest absolute Gasteiger partial charge is 0.0640 e. The fraction of sp³-hybridized carbons (Fsp3) is 0.455. The molecular formula is C11H15Cl2N. The molecule has 1 unspecified atom stereocenters. The maximum Gasteiger partial charge on any atom is 0.0640 e. The Bertz CT molecular complexity index is 310. The molecule has 0 aliphatic heterocycles. The van der Waals surface area contributed by atoms with Crippen LogP contribution in [0.15, 0.2) is 18.2 Å². The van der Waals surface area contributed by atoms with E-state index >= 15 is 0 Å². The van der Waals surface area contributed by atoms with E-state index in [1.165, 1.54) is 0 Å². The zero-order chi connectivity index (χ0) is 10.7. The van der Waals surface area contributed by atoms with Gasteiger partial charge in [-0.2, -0.15) is 0 Å². The van der Waals surface area contributed by atoms with E-state index in [9.17, 15) is 0 Å². The molecule has 14 heavy (non-hydrogen) atoms. The summed E-state index contributed by atoms with van der Waals surface area (Å²) in [5, 5.41) is 4.51. The summed E-state index contributed by atoms with van der Waals surface area (Å²) < 4.78 is 0. The molecule has 1 aromatic carbocycles. The summed E-state index contributed by atoms with van der Waals surface area (Å²) in [6.45, 7) is 4.30. The van der Waals surface area contributed by atoms with Gasteiger partial charge in [0.15, 0.2) is 0 Å². The fourth-order valence-corrected chi connectivity index (χ4v) is 2.03. The van der Waals surface area contributed by atoms with E-state index in [0.717, 1.165) is 5.56 Å². The van der Waals surface area contributed by atoms with Gasteiger partial charge in [0.25, 0.3) is 0 Å². The summed E-state index contributed by atoms with van der Waals surface area (Å²) in [7, 11) is 1.93. The molecule has 0 radical (unpaired) electrons. The summed E-state index contributed by atoms with van der Waals surface area (Å²) in [4.78, 5) is 0. The summed E-state index contributed by atoms with van der Waals surface area (Å²) >= 11 is 12.1. The zero-order valence-electron chi connectivity index (χ0n) is 8.64. The van der Waals surface area contributed by atoms with Crippen molar-refractivity contribution < 1.29 is 0 Å². The first kappa shape index (κ1) is 11.8. The van der Waals surface area contributed by atoms with Gasteiger partial charge in [-0.15, -0.1) is 0 Å². The molecule has 0 fully saturated rings. The second-order valence-corrected chi connectivity index (χ2v) is 4.44. The van der Waals surface area contributed by atoms with Crippen LogP contribution in [-0.4, -0.2) is 7.05 Å². The highest BCUT2D eigenvalue weighted by molar-refractivity contribution is 6.42. The van der Waals surface area contributed by atoms with Crippen molar-refractivity contribution in [2.45, 2.75) is 19.9 Å². The molecule has 1 nitrogen and oxygen atoms in total. The molecule has 0 heterocycles. The number of rotatable bonds is 3.